The zero-order chi connectivity index (χ0) is 19.7. The van der Waals surface area contributed by atoms with Gasteiger partial charge in [0, 0.05) is 22.7 Å². The molecule has 2 fully saturated rings. The van der Waals surface area contributed by atoms with Crippen molar-refractivity contribution in [1.29, 1.82) is 5.26 Å². The van der Waals surface area contributed by atoms with Gasteiger partial charge in [-0.1, -0.05) is 18.9 Å². The first-order valence-electron chi connectivity index (χ1n) is 10.3. The first kappa shape index (κ1) is 19.2. The lowest BCUT2D eigenvalue weighted by Crippen LogP contribution is -2.33. The van der Waals surface area contributed by atoms with E-state index in [2.05, 4.69) is 45.3 Å². The first-order chi connectivity index (χ1) is 13.6. The Morgan fingerprint density at radius 1 is 1.29 bits per heavy atom. The zero-order valence-electron chi connectivity index (χ0n) is 16.7. The number of carbonyl (C=O) groups is 1. The van der Waals surface area contributed by atoms with Crippen LogP contribution < -0.4 is 5.32 Å². The molecule has 1 amide bonds. The van der Waals surface area contributed by atoms with Gasteiger partial charge in [0.1, 0.15) is 11.9 Å². The van der Waals surface area contributed by atoms with Crippen LogP contribution in [0.5, 0.6) is 0 Å². The average molecular weight is 397 g/mol. The normalized spacial score (nSPS) is 20.5. The SMILES string of the molecule is Cc1c(C#N)c(NC(=O)CN2CCCC2c2cccs2)n(C2CCCC2)c1C. The third-order valence-corrected chi connectivity index (χ3v) is 7.37. The molecule has 1 unspecified atom stereocenters. The maximum absolute atomic E-state index is 13.0. The van der Waals surface area contributed by atoms with Crippen LogP contribution in [-0.2, 0) is 4.79 Å². The highest BCUT2D eigenvalue weighted by Gasteiger charge is 2.30. The van der Waals surface area contributed by atoms with Gasteiger partial charge in [-0.05, 0) is 63.1 Å². The molecule has 1 saturated heterocycles. The molecule has 0 spiro atoms. The van der Waals surface area contributed by atoms with E-state index in [4.69, 9.17) is 0 Å². The fourth-order valence-corrected chi connectivity index (χ4v) is 5.78. The summed E-state index contributed by atoms with van der Waals surface area (Å²) in [5.41, 5.74) is 2.72. The van der Waals surface area contributed by atoms with Crippen molar-refractivity contribution in [3.05, 3.63) is 39.2 Å². The number of anilines is 1. The number of nitrogens with zero attached hydrogens (tertiary/aromatic N) is 3. The molecular weight excluding hydrogens is 368 g/mol. The van der Waals surface area contributed by atoms with Gasteiger partial charge in [-0.25, -0.2) is 0 Å². The minimum absolute atomic E-state index is 0.0169. The monoisotopic (exact) mass is 396 g/mol. The Kier molecular flexibility index (Phi) is 5.56. The molecule has 4 rings (SSSR count). The van der Waals surface area contributed by atoms with Crippen molar-refractivity contribution in [2.75, 3.05) is 18.4 Å². The lowest BCUT2D eigenvalue weighted by Gasteiger charge is -2.24. The van der Waals surface area contributed by atoms with E-state index in [1.807, 2.05) is 6.92 Å². The third kappa shape index (κ3) is 3.49. The minimum Gasteiger partial charge on any atom is -0.327 e. The van der Waals surface area contributed by atoms with E-state index in [1.165, 1.54) is 17.7 Å². The number of likely N-dealkylation sites (tertiary alicyclic amines) is 1. The van der Waals surface area contributed by atoms with E-state index in [0.717, 1.165) is 43.5 Å². The number of amides is 1. The van der Waals surface area contributed by atoms with Crippen LogP contribution in [0.2, 0.25) is 0 Å². The molecule has 2 aromatic rings. The van der Waals surface area contributed by atoms with Crippen molar-refractivity contribution in [1.82, 2.24) is 9.47 Å². The summed E-state index contributed by atoms with van der Waals surface area (Å²) < 4.78 is 2.22. The van der Waals surface area contributed by atoms with Crippen molar-refractivity contribution in [2.45, 2.75) is 64.5 Å². The van der Waals surface area contributed by atoms with Crippen molar-refractivity contribution in [3.63, 3.8) is 0 Å². The van der Waals surface area contributed by atoms with Gasteiger partial charge >= 0.3 is 0 Å². The highest BCUT2D eigenvalue weighted by molar-refractivity contribution is 7.10. The summed E-state index contributed by atoms with van der Waals surface area (Å²) in [6.45, 7) is 5.38. The highest BCUT2D eigenvalue weighted by Crippen LogP contribution is 2.38. The lowest BCUT2D eigenvalue weighted by molar-refractivity contribution is -0.117. The van der Waals surface area contributed by atoms with Crippen LogP contribution in [0, 0.1) is 25.2 Å². The maximum Gasteiger partial charge on any atom is 0.239 e. The van der Waals surface area contributed by atoms with Gasteiger partial charge in [0.25, 0.3) is 0 Å². The Morgan fingerprint density at radius 3 is 2.75 bits per heavy atom. The fourth-order valence-electron chi connectivity index (χ4n) is 4.88. The molecule has 1 atom stereocenters. The van der Waals surface area contributed by atoms with Crippen LogP contribution in [0.4, 0.5) is 5.82 Å². The summed E-state index contributed by atoms with van der Waals surface area (Å²) in [4.78, 5) is 16.6. The molecule has 0 bridgehead atoms. The van der Waals surface area contributed by atoms with Crippen LogP contribution in [0.15, 0.2) is 17.5 Å². The lowest BCUT2D eigenvalue weighted by atomic mass is 10.2. The summed E-state index contributed by atoms with van der Waals surface area (Å²) in [6, 6.07) is 7.30. The molecule has 148 valence electrons. The molecule has 5 nitrogen and oxygen atoms in total. The maximum atomic E-state index is 13.0. The molecule has 28 heavy (non-hydrogen) atoms. The number of aromatic nitrogens is 1. The molecule has 1 aliphatic carbocycles. The smallest absolute Gasteiger partial charge is 0.239 e. The van der Waals surface area contributed by atoms with Crippen molar-refractivity contribution < 1.29 is 4.79 Å². The topological polar surface area (TPSA) is 61.1 Å². The number of nitrogens with one attached hydrogen (secondary N) is 1. The van der Waals surface area contributed by atoms with Gasteiger partial charge in [0.2, 0.25) is 5.91 Å². The predicted molar refractivity (Wildman–Crippen MR) is 113 cm³/mol. The van der Waals surface area contributed by atoms with Crippen LogP contribution in [0.25, 0.3) is 0 Å². The van der Waals surface area contributed by atoms with Gasteiger partial charge < -0.3 is 9.88 Å². The Bertz CT molecular complexity index is 887. The largest absolute Gasteiger partial charge is 0.327 e. The molecule has 2 aromatic heterocycles. The van der Waals surface area contributed by atoms with Crippen LogP contribution in [-0.4, -0.2) is 28.5 Å². The Labute approximate surface area is 171 Å². The first-order valence-corrected chi connectivity index (χ1v) is 11.2. The van der Waals surface area contributed by atoms with Crippen LogP contribution >= 0.6 is 11.3 Å². The molecule has 0 aromatic carbocycles. The zero-order valence-corrected chi connectivity index (χ0v) is 17.5. The number of carbonyl (C=O) groups excluding carboxylic acids is 1. The minimum atomic E-state index is -0.0169. The van der Waals surface area contributed by atoms with Gasteiger partial charge in [0.05, 0.1) is 12.1 Å². The molecule has 3 heterocycles. The predicted octanol–water partition coefficient (Wildman–Crippen LogP) is 4.93. The van der Waals surface area contributed by atoms with Crippen LogP contribution in [0.3, 0.4) is 0 Å². The van der Waals surface area contributed by atoms with Crippen molar-refractivity contribution >= 4 is 23.1 Å². The van der Waals surface area contributed by atoms with E-state index in [9.17, 15) is 10.1 Å². The summed E-state index contributed by atoms with van der Waals surface area (Å²) >= 11 is 1.77. The van der Waals surface area contributed by atoms with E-state index >= 15 is 0 Å². The summed E-state index contributed by atoms with van der Waals surface area (Å²) in [7, 11) is 0. The Morgan fingerprint density at radius 2 is 2.07 bits per heavy atom. The van der Waals surface area contributed by atoms with E-state index in [-0.39, 0.29) is 5.91 Å². The number of nitriles is 1. The number of hydrogen-bond acceptors (Lipinski definition) is 4. The molecule has 2 aliphatic rings. The van der Waals surface area contributed by atoms with Gasteiger partial charge in [-0.15, -0.1) is 11.3 Å². The van der Waals surface area contributed by atoms with Crippen molar-refractivity contribution in [2.24, 2.45) is 0 Å². The van der Waals surface area contributed by atoms with Crippen LogP contribution in [0.1, 0.15) is 72.3 Å². The third-order valence-electron chi connectivity index (χ3n) is 6.40. The molecule has 1 saturated carbocycles. The second-order valence-corrected chi connectivity index (χ2v) is 9.03. The molecular formula is C22H28N4OS. The van der Waals surface area contributed by atoms with E-state index in [0.29, 0.717) is 30.0 Å². The molecule has 1 aliphatic heterocycles. The standard InChI is InChI=1S/C22H28N4OS/c1-15-16(2)26(17-7-3-4-8-17)22(18(15)13-23)24-21(27)14-25-11-5-9-19(25)20-10-6-12-28-20/h6,10,12,17,19H,3-5,7-9,11,14H2,1-2H3,(H,24,27). The second-order valence-electron chi connectivity index (χ2n) is 8.05. The van der Waals surface area contributed by atoms with Gasteiger partial charge in [0.15, 0.2) is 0 Å². The van der Waals surface area contributed by atoms with E-state index < -0.39 is 0 Å². The Balaban J connectivity index is 1.54. The van der Waals surface area contributed by atoms with E-state index in [1.54, 1.807) is 11.3 Å². The fraction of sp³-hybridized carbons (Fsp3) is 0.545. The summed E-state index contributed by atoms with van der Waals surface area (Å²) in [5, 5.41) is 14.9. The Hall–Kier alpha value is -2.10. The summed E-state index contributed by atoms with van der Waals surface area (Å²) in [6.07, 6.45) is 6.90. The van der Waals surface area contributed by atoms with Gasteiger partial charge in [-0.3, -0.25) is 9.69 Å². The van der Waals surface area contributed by atoms with Crippen molar-refractivity contribution in [3.8, 4) is 6.07 Å². The number of thiophene rings is 1. The molecule has 0 radical (unpaired) electrons. The second kappa shape index (κ2) is 8.10. The molecule has 6 heteroatoms. The average Bonchev–Trinajstić information content (AvgIpc) is 3.45. The van der Waals surface area contributed by atoms with Gasteiger partial charge in [-0.2, -0.15) is 5.26 Å². The summed E-state index contributed by atoms with van der Waals surface area (Å²) in [5.74, 6) is 0.693. The molecule has 1 N–H and O–H groups in total. The number of rotatable bonds is 5. The quantitative estimate of drug-likeness (QED) is 0.779. The number of hydrogen-bond donors (Lipinski definition) is 1. The highest BCUT2D eigenvalue weighted by atomic mass is 32.1.